The maximum Gasteiger partial charge on any atom is 0.251 e. The second kappa shape index (κ2) is 11.6. The van der Waals surface area contributed by atoms with E-state index in [0.29, 0.717) is 64.0 Å². The number of phenolic OH excluding ortho intramolecular Hbond substituents is 1. The van der Waals surface area contributed by atoms with Crippen LogP contribution in [0.3, 0.4) is 0 Å². The van der Waals surface area contributed by atoms with Gasteiger partial charge in [-0.15, -0.1) is 0 Å². The molecular weight excluding hydrogens is 584 g/mol. The molecule has 47 heavy (non-hydrogen) atoms. The average Bonchev–Trinajstić information content (AvgIpc) is 3.41. The Bertz CT molecular complexity index is 2030. The predicted octanol–water partition coefficient (Wildman–Crippen LogP) is 7.22. The smallest absolute Gasteiger partial charge is 0.251 e. The summed E-state index contributed by atoms with van der Waals surface area (Å²) in [4.78, 5) is 13.8. The van der Waals surface area contributed by atoms with E-state index in [1.165, 1.54) is 43.2 Å². The highest BCUT2D eigenvalue weighted by atomic mass is 16.3. The number of aryl methyl sites for hydroxylation is 1. The van der Waals surface area contributed by atoms with Gasteiger partial charge < -0.3 is 31.3 Å². The molecule has 0 aromatic heterocycles. The van der Waals surface area contributed by atoms with Crippen molar-refractivity contribution < 1.29 is 14.3 Å². The molecule has 5 atom stereocenters. The van der Waals surface area contributed by atoms with Gasteiger partial charge in [-0.3, -0.25) is 4.79 Å². The standard InChI is InChI=1S/C40H42N4O3/c1-40-17-16-28-27-13-9-26(45)20-23(27)6-10-29(28)34(40)14-15-37(40)43-18-19-44-39(46)31-5-3-2-4-30(31)38-32-11-7-24(41)21-35(32)47-36-22-25(42)8-12-33(36)38/h2-5,7-9,11-13,20-22,28-29,34,37,41,43,45H,6,10,14-19,42H2,1H3,(H,44,46)/t28-,29-,34+,37+,40+/m1/s1. The van der Waals surface area contributed by atoms with Crippen LogP contribution in [-0.2, 0) is 6.42 Å². The third-order valence-electron chi connectivity index (χ3n) is 11.7. The van der Waals surface area contributed by atoms with Crippen molar-refractivity contribution in [3.8, 4) is 28.2 Å². The second-order valence-corrected chi connectivity index (χ2v) is 14.2. The van der Waals surface area contributed by atoms with Gasteiger partial charge in [0.05, 0.1) is 5.36 Å². The third kappa shape index (κ3) is 5.08. The lowest BCUT2D eigenvalue weighted by Crippen LogP contribution is -2.49. The van der Waals surface area contributed by atoms with Crippen molar-refractivity contribution >= 4 is 22.6 Å². The van der Waals surface area contributed by atoms with E-state index in [9.17, 15) is 9.90 Å². The van der Waals surface area contributed by atoms with Gasteiger partial charge in [-0.2, -0.15) is 0 Å². The van der Waals surface area contributed by atoms with Crippen molar-refractivity contribution in [2.24, 2.45) is 17.3 Å². The van der Waals surface area contributed by atoms with Crippen molar-refractivity contribution in [1.29, 1.82) is 5.41 Å². The minimum absolute atomic E-state index is 0.111. The lowest BCUT2D eigenvalue weighted by atomic mass is 9.55. The lowest BCUT2D eigenvalue weighted by Gasteiger charge is -2.51. The van der Waals surface area contributed by atoms with Gasteiger partial charge in [0.25, 0.3) is 5.91 Å². The van der Waals surface area contributed by atoms with Crippen LogP contribution in [0.25, 0.3) is 33.4 Å². The maximum absolute atomic E-state index is 13.8. The van der Waals surface area contributed by atoms with Gasteiger partial charge in [0.15, 0.2) is 0 Å². The van der Waals surface area contributed by atoms with Crippen LogP contribution >= 0.6 is 0 Å². The Labute approximate surface area is 275 Å². The average molecular weight is 627 g/mol. The molecule has 7 heteroatoms. The number of nitrogens with one attached hydrogen (secondary N) is 3. The van der Waals surface area contributed by atoms with Crippen molar-refractivity contribution in [3.05, 3.63) is 101 Å². The molecule has 0 bridgehead atoms. The molecule has 4 aliphatic carbocycles. The number of carbonyl (C=O) groups is 1. The molecule has 0 spiro atoms. The molecule has 3 aromatic carbocycles. The van der Waals surface area contributed by atoms with Crippen molar-refractivity contribution in [1.82, 2.24) is 10.6 Å². The molecule has 3 aromatic rings. The summed E-state index contributed by atoms with van der Waals surface area (Å²) in [7, 11) is 0. The topological polar surface area (TPSA) is 124 Å². The zero-order valence-electron chi connectivity index (χ0n) is 26.8. The van der Waals surface area contributed by atoms with Gasteiger partial charge in [-0.25, -0.2) is 0 Å². The van der Waals surface area contributed by atoms with E-state index >= 15 is 0 Å². The fraction of sp³-hybridized carbons (Fsp3) is 0.350. The van der Waals surface area contributed by atoms with Gasteiger partial charge in [0.1, 0.15) is 17.1 Å². The molecule has 240 valence electrons. The Morgan fingerprint density at radius 1 is 0.979 bits per heavy atom. The van der Waals surface area contributed by atoms with Crippen LogP contribution < -0.4 is 21.7 Å². The number of amides is 1. The summed E-state index contributed by atoms with van der Waals surface area (Å²) in [6.45, 7) is 3.76. The van der Waals surface area contributed by atoms with Gasteiger partial charge in [-0.05, 0) is 121 Å². The highest BCUT2D eigenvalue weighted by molar-refractivity contribution is 6.09. The van der Waals surface area contributed by atoms with E-state index in [1.54, 1.807) is 18.2 Å². The Morgan fingerprint density at radius 2 is 1.85 bits per heavy atom. The highest BCUT2D eigenvalue weighted by Crippen LogP contribution is 2.61. The molecule has 2 fully saturated rings. The van der Waals surface area contributed by atoms with E-state index in [1.807, 2.05) is 54.6 Å². The molecule has 6 N–H and O–H groups in total. The number of carbonyl (C=O) groups excluding carboxylic acids is 1. The summed E-state index contributed by atoms with van der Waals surface area (Å²) in [6.07, 6.45) is 7.10. The normalized spacial score (nSPS) is 24.9. The number of nitrogen functional groups attached to an aromatic ring is 1. The first-order valence-electron chi connectivity index (χ1n) is 17.0. The van der Waals surface area contributed by atoms with E-state index in [-0.39, 0.29) is 11.3 Å². The highest BCUT2D eigenvalue weighted by Gasteiger charge is 2.54. The molecule has 1 amide bonds. The number of hydrogen-bond acceptors (Lipinski definition) is 6. The minimum atomic E-state index is -0.111. The summed E-state index contributed by atoms with van der Waals surface area (Å²) in [5, 5.41) is 26.4. The van der Waals surface area contributed by atoms with Crippen LogP contribution in [0.4, 0.5) is 5.69 Å². The zero-order valence-corrected chi connectivity index (χ0v) is 26.8. The Morgan fingerprint density at radius 3 is 2.74 bits per heavy atom. The number of phenols is 1. The van der Waals surface area contributed by atoms with Crippen LogP contribution in [0.15, 0.2) is 83.3 Å². The number of anilines is 1. The Hall–Kier alpha value is -4.62. The van der Waals surface area contributed by atoms with E-state index in [4.69, 9.17) is 15.6 Å². The second-order valence-electron chi connectivity index (χ2n) is 14.2. The lowest BCUT2D eigenvalue weighted by molar-refractivity contribution is 0.0413. The SMILES string of the molecule is C[C@]12CC[C@@H]3c4ccc(O)cc4CC[C@H]3[C@@H]1CC[C@@H]2NCCNC(=O)c1ccccc1-c1c2ccc(=N)cc-2oc2cc(N)ccc12. The van der Waals surface area contributed by atoms with Crippen LogP contribution in [0.2, 0.25) is 0 Å². The van der Waals surface area contributed by atoms with Gasteiger partial charge in [0, 0.05) is 59.0 Å². The maximum atomic E-state index is 13.8. The summed E-state index contributed by atoms with van der Waals surface area (Å²) in [5.41, 5.74) is 13.5. The molecule has 5 aliphatic rings. The van der Waals surface area contributed by atoms with Crippen molar-refractivity contribution in [2.75, 3.05) is 18.8 Å². The first-order valence-corrected chi connectivity index (χ1v) is 17.0. The summed E-state index contributed by atoms with van der Waals surface area (Å²) in [5.74, 6) is 2.87. The molecular formula is C40H42N4O3. The summed E-state index contributed by atoms with van der Waals surface area (Å²) in [6, 6.07) is 25.1. The van der Waals surface area contributed by atoms with Crippen LogP contribution in [-0.4, -0.2) is 30.1 Å². The Balaban J connectivity index is 0.974. The van der Waals surface area contributed by atoms with Gasteiger partial charge >= 0.3 is 0 Å². The van der Waals surface area contributed by atoms with Gasteiger partial charge in [-0.1, -0.05) is 31.2 Å². The van der Waals surface area contributed by atoms with Crippen LogP contribution in [0.1, 0.15) is 66.4 Å². The largest absolute Gasteiger partial charge is 0.508 e. The molecule has 2 saturated carbocycles. The fourth-order valence-corrected chi connectivity index (χ4v) is 9.52. The number of benzene rings is 4. The van der Waals surface area contributed by atoms with Crippen molar-refractivity contribution in [2.45, 2.75) is 57.4 Å². The van der Waals surface area contributed by atoms with Crippen LogP contribution in [0, 0.1) is 22.7 Å². The third-order valence-corrected chi connectivity index (χ3v) is 11.7. The first-order chi connectivity index (χ1) is 22.8. The molecule has 8 rings (SSSR count). The number of hydrogen-bond donors (Lipinski definition) is 5. The zero-order chi connectivity index (χ0) is 32.3. The first kappa shape index (κ1) is 29.8. The molecule has 1 aliphatic heterocycles. The number of nitrogens with two attached hydrogens (primary N) is 1. The van der Waals surface area contributed by atoms with E-state index in [0.717, 1.165) is 35.0 Å². The molecule has 1 heterocycles. The fourth-order valence-electron chi connectivity index (χ4n) is 9.52. The van der Waals surface area contributed by atoms with Crippen LogP contribution in [0.5, 0.6) is 5.75 Å². The Kier molecular flexibility index (Phi) is 7.32. The number of aromatic hydroxyl groups is 1. The van der Waals surface area contributed by atoms with Crippen molar-refractivity contribution in [3.63, 3.8) is 0 Å². The number of fused-ring (bicyclic) bond motifs is 7. The quantitative estimate of drug-likeness (QED) is 0.0774. The molecule has 0 saturated heterocycles. The molecule has 7 nitrogen and oxygen atoms in total. The predicted molar refractivity (Wildman–Crippen MR) is 185 cm³/mol. The summed E-state index contributed by atoms with van der Waals surface area (Å²) < 4.78 is 6.18. The van der Waals surface area contributed by atoms with E-state index in [2.05, 4.69) is 23.6 Å². The number of rotatable bonds is 6. The molecule has 0 unspecified atom stereocenters. The van der Waals surface area contributed by atoms with Gasteiger partial charge in [0.2, 0.25) is 0 Å². The minimum Gasteiger partial charge on any atom is -0.508 e. The summed E-state index contributed by atoms with van der Waals surface area (Å²) >= 11 is 0. The van der Waals surface area contributed by atoms with E-state index < -0.39 is 0 Å². The monoisotopic (exact) mass is 626 g/mol. The molecule has 0 radical (unpaired) electrons.